The van der Waals surface area contributed by atoms with Gasteiger partial charge in [0.2, 0.25) is 0 Å². The van der Waals surface area contributed by atoms with E-state index in [0.717, 1.165) is 44.5 Å². The van der Waals surface area contributed by atoms with E-state index < -0.39 is 23.7 Å². The van der Waals surface area contributed by atoms with Gasteiger partial charge in [-0.2, -0.15) is 0 Å². The predicted molar refractivity (Wildman–Crippen MR) is 404 cm³/mol. The van der Waals surface area contributed by atoms with Gasteiger partial charge >= 0.3 is 0 Å². The molecule has 0 aromatic heterocycles. The van der Waals surface area contributed by atoms with Crippen LogP contribution in [0.2, 0.25) is 0 Å². The van der Waals surface area contributed by atoms with Gasteiger partial charge in [-0.25, -0.2) is 0 Å². The van der Waals surface area contributed by atoms with Gasteiger partial charge in [0, 0.05) is 92.4 Å². The molecule has 1 aliphatic carbocycles. The van der Waals surface area contributed by atoms with E-state index in [4.69, 9.17) is 37.9 Å². The van der Waals surface area contributed by atoms with Crippen LogP contribution in [0.4, 0.5) is 0 Å². The van der Waals surface area contributed by atoms with Gasteiger partial charge in [0.1, 0.15) is 98.9 Å². The Morgan fingerprint density at radius 2 is 0.360 bits per heavy atom. The number of hydrogen-bond donors (Lipinski definition) is 0. The molecule has 0 amide bonds. The average Bonchev–Trinajstić information content (AvgIpc) is 0.748. The molecule has 0 unspecified atom stereocenters. The topological polar surface area (TPSA) is 73.8 Å². The molecule has 8 nitrogen and oxygen atoms in total. The molecule has 0 aliphatic heterocycles. The van der Waals surface area contributed by atoms with Crippen LogP contribution in [0.25, 0.3) is 0 Å². The summed E-state index contributed by atoms with van der Waals surface area (Å²) in [6.45, 7) is 15.5. The maximum Gasteiger partial charge on any atom is 0.149 e. The molecule has 1 aliphatic rings. The van der Waals surface area contributed by atoms with Crippen molar-refractivity contribution in [1.29, 1.82) is 0 Å². The molecule has 100 heavy (non-hydrogen) atoms. The van der Waals surface area contributed by atoms with Gasteiger partial charge in [-0.15, -0.1) is 47.4 Å². The van der Waals surface area contributed by atoms with Crippen molar-refractivity contribution in [3.63, 3.8) is 0 Å². The van der Waals surface area contributed by atoms with Crippen molar-refractivity contribution in [1.82, 2.24) is 0 Å². The van der Waals surface area contributed by atoms with E-state index in [1.54, 1.807) is 0 Å². The van der Waals surface area contributed by atoms with Crippen LogP contribution in [0.15, 0.2) is 170 Å². The van der Waals surface area contributed by atoms with Gasteiger partial charge < -0.3 is 37.9 Å². The number of hydrogen-bond acceptors (Lipinski definition) is 8. The zero-order valence-corrected chi connectivity index (χ0v) is 59.1. The Hall–Kier alpha value is -11.4. The molecule has 0 radical (unpaired) electrons. The molecule has 8 bridgehead atoms. The average molecular weight is 1320 g/mol. The van der Waals surface area contributed by atoms with E-state index in [0.29, 0.717) is 97.4 Å². The standard InChI is InChI=1S/C92H88O8/c1-9-17-53-93-85-65-86(94-54-18-10-2)78-61-77(85)73(49-45-69-37-29-25-30-38-69)79-62-80(88(96-56-20-12-4)66-87(79)95-55-19-11-3)75(51-47-71-41-33-27-34-42-71)83-64-84(92(100-60-24-16-8)68-91(83)99-59-23-15-7)76(52-48-72-43-35-28-36-44-72)82-63-81(74(78)50-46-70-39-31-26-32-40-70)89(97-57-21-13-5)67-90(82)98-58-22-14-6/h25-44,61-68,73-76H,45-60H2,1-8H3. The first kappa shape index (κ1) is 72.9. The highest BCUT2D eigenvalue weighted by Crippen LogP contribution is 2.54. The van der Waals surface area contributed by atoms with Gasteiger partial charge in [-0.3, -0.25) is 0 Å². The Morgan fingerprint density at radius 3 is 0.500 bits per heavy atom. The fourth-order valence-electron chi connectivity index (χ4n) is 12.8. The zero-order chi connectivity index (χ0) is 69.9. The van der Waals surface area contributed by atoms with Crippen LogP contribution in [-0.2, 0) is 25.7 Å². The van der Waals surface area contributed by atoms with Crippen LogP contribution >= 0.6 is 0 Å². The lowest BCUT2D eigenvalue weighted by atomic mass is 9.76. The quantitative estimate of drug-likeness (QED) is 0.0449. The normalized spacial score (nSPS) is 13.6. The molecule has 0 spiro atoms. The molecule has 0 heterocycles. The molecule has 9 rings (SSSR count). The molecule has 0 N–H and O–H groups in total. The van der Waals surface area contributed by atoms with Crippen LogP contribution in [0.1, 0.15) is 172 Å². The van der Waals surface area contributed by atoms with Crippen molar-refractivity contribution in [3.8, 4) is 141 Å². The minimum atomic E-state index is -0.441. The third kappa shape index (κ3) is 20.4. The summed E-state index contributed by atoms with van der Waals surface area (Å²) in [5.74, 6) is 53.6. The molecule has 0 saturated heterocycles. The van der Waals surface area contributed by atoms with Crippen molar-refractivity contribution in [2.24, 2.45) is 0 Å². The van der Waals surface area contributed by atoms with E-state index in [9.17, 15) is 0 Å². The molecular weight excluding hydrogens is 1230 g/mol. The van der Waals surface area contributed by atoms with E-state index in [1.807, 2.05) is 55.4 Å². The van der Waals surface area contributed by atoms with Crippen LogP contribution in [-0.4, -0.2) is 52.9 Å². The number of ether oxygens (including phenoxy) is 8. The molecule has 504 valence electrons. The minimum Gasteiger partial charge on any atom is -0.480 e. The third-order valence-corrected chi connectivity index (χ3v) is 17.6. The third-order valence-electron chi connectivity index (χ3n) is 17.6. The van der Waals surface area contributed by atoms with E-state index in [-0.39, 0.29) is 52.9 Å². The molecule has 0 atom stereocenters. The van der Waals surface area contributed by atoms with Crippen LogP contribution in [0.5, 0.6) is 46.0 Å². The summed E-state index contributed by atoms with van der Waals surface area (Å²) < 4.78 is 56.5. The van der Waals surface area contributed by atoms with Crippen molar-refractivity contribution in [2.45, 2.75) is 130 Å². The highest BCUT2D eigenvalue weighted by atomic mass is 16.5. The van der Waals surface area contributed by atoms with Crippen molar-refractivity contribution in [2.75, 3.05) is 52.9 Å². The van der Waals surface area contributed by atoms with Crippen molar-refractivity contribution >= 4 is 0 Å². The first-order valence-corrected chi connectivity index (χ1v) is 34.4. The second kappa shape index (κ2) is 39.8. The van der Waals surface area contributed by atoms with Gasteiger partial charge in [-0.1, -0.05) is 169 Å². The van der Waals surface area contributed by atoms with Gasteiger partial charge in [0.05, 0.1) is 0 Å². The van der Waals surface area contributed by atoms with Gasteiger partial charge in [0.25, 0.3) is 0 Å². The summed E-state index contributed by atoms with van der Waals surface area (Å²) in [6.07, 6.45) is 5.13. The van der Waals surface area contributed by atoms with Crippen LogP contribution in [0, 0.1) is 94.7 Å². The largest absolute Gasteiger partial charge is 0.480 e. The fraction of sp³-hybridized carbons (Fsp3) is 0.304. The molecular formula is C92H88O8. The first-order valence-electron chi connectivity index (χ1n) is 34.4. The summed E-state index contributed by atoms with van der Waals surface area (Å²) in [5.41, 5.74) is 11.9. The SMILES string of the molecule is CC#CCOc1cc(OCC#CC)c2cc1C(CCc1ccccc1)c1cc(c(OCC#CC)cc1OCC#CC)C(CCc1ccccc1)c1cc(c(OCC#CC)cc1OCC#CC)C(CCc1ccccc1)c1cc(c(OCC#CC)cc1OCC#CC)C2CCc1ccccc1. The molecule has 8 aromatic carbocycles. The Bertz CT molecular complexity index is 3780. The lowest BCUT2D eigenvalue weighted by Crippen LogP contribution is -2.17. The first-order chi connectivity index (χ1) is 49.3. The van der Waals surface area contributed by atoms with Gasteiger partial charge in [0.15, 0.2) is 0 Å². The van der Waals surface area contributed by atoms with Crippen LogP contribution in [0.3, 0.4) is 0 Å². The minimum absolute atomic E-state index is 0.111. The van der Waals surface area contributed by atoms with Crippen molar-refractivity contribution < 1.29 is 37.9 Å². The van der Waals surface area contributed by atoms with E-state index in [2.05, 4.69) is 265 Å². The van der Waals surface area contributed by atoms with E-state index in [1.165, 1.54) is 22.3 Å². The molecule has 8 aromatic rings. The smallest absolute Gasteiger partial charge is 0.149 e. The second-order valence-corrected chi connectivity index (χ2v) is 23.7. The summed E-state index contributed by atoms with van der Waals surface area (Å²) in [6, 6.07) is 60.0. The fourth-order valence-corrected chi connectivity index (χ4v) is 12.8. The zero-order valence-electron chi connectivity index (χ0n) is 59.1. The summed E-state index contributed by atoms with van der Waals surface area (Å²) >= 11 is 0. The van der Waals surface area contributed by atoms with Crippen molar-refractivity contribution in [3.05, 3.63) is 237 Å². The lowest BCUT2D eigenvalue weighted by molar-refractivity contribution is 0.335. The lowest BCUT2D eigenvalue weighted by Gasteiger charge is -2.32. The summed E-state index contributed by atoms with van der Waals surface area (Å²) in [5, 5.41) is 0. The second-order valence-electron chi connectivity index (χ2n) is 23.7. The number of fused-ring (bicyclic) bond motifs is 8. The Kier molecular flexibility index (Phi) is 29.0. The Labute approximate surface area is 595 Å². The molecule has 0 fully saturated rings. The molecule has 8 heteroatoms. The molecule has 0 saturated carbocycles. The number of aryl methyl sites for hydroxylation is 4. The Balaban J connectivity index is 1.55. The monoisotopic (exact) mass is 1320 g/mol. The van der Waals surface area contributed by atoms with E-state index >= 15 is 0 Å². The van der Waals surface area contributed by atoms with Crippen LogP contribution < -0.4 is 37.9 Å². The Morgan fingerprint density at radius 1 is 0.210 bits per heavy atom. The van der Waals surface area contributed by atoms with Gasteiger partial charge in [-0.05, 0) is 153 Å². The number of rotatable bonds is 28. The highest BCUT2D eigenvalue weighted by Gasteiger charge is 2.36. The maximum absolute atomic E-state index is 7.07. The number of benzene rings is 8. The maximum atomic E-state index is 7.07. The summed E-state index contributed by atoms with van der Waals surface area (Å²) in [4.78, 5) is 0. The highest BCUT2D eigenvalue weighted by molar-refractivity contribution is 5.64. The predicted octanol–water partition coefficient (Wildman–Crippen LogP) is 18.3. The summed E-state index contributed by atoms with van der Waals surface area (Å²) in [7, 11) is 0.